The molecule has 2 aliphatic heterocycles. The third-order valence-electron chi connectivity index (χ3n) is 7.72. The fourth-order valence-electron chi connectivity index (χ4n) is 5.43. The number of hydrogen-bond donors (Lipinski definition) is 2. The Balaban J connectivity index is 1.69. The molecule has 6 heteroatoms. The molecule has 2 fully saturated rings. The van der Waals surface area contributed by atoms with Gasteiger partial charge in [-0.1, -0.05) is 36.4 Å². The summed E-state index contributed by atoms with van der Waals surface area (Å²) in [7, 11) is 0. The van der Waals surface area contributed by atoms with Crippen molar-refractivity contribution in [3.8, 4) is 6.07 Å². The maximum atomic E-state index is 13.4. The summed E-state index contributed by atoms with van der Waals surface area (Å²) in [6.07, 6.45) is 5.80. The summed E-state index contributed by atoms with van der Waals surface area (Å²) in [6, 6.07) is 18.6. The standard InChI is InChI=1S/C30H34N4O2/c31-19-20-1-3-25(4-2-20)29-28(23-9-7-22(8-10-23)21-5-6-21)24(15-18-35)11-12-27(36)30(33-29)34-16-13-26(32)14-17-34/h1-4,7-10,21,24,26,35H,5-6,11-18,32H2/b29-28-,33-30+. The molecule has 0 amide bonds. The molecule has 0 radical (unpaired) electrons. The number of Topliss-reactive ketones (excluding diaryl/α,β-unsaturated/α-hetero) is 1. The molecule has 5 rings (SSSR count). The first-order chi connectivity index (χ1) is 17.6. The van der Waals surface area contributed by atoms with Gasteiger partial charge in [0.05, 0.1) is 17.3 Å². The Morgan fingerprint density at radius 3 is 2.25 bits per heavy atom. The highest BCUT2D eigenvalue weighted by molar-refractivity contribution is 6.40. The number of hydrogen-bond acceptors (Lipinski definition) is 6. The SMILES string of the molecule is N#Cc1ccc(C2=C(\c3ccc(C4CC4)cc3)C(CCO)CCC(=O)/C(N3CCC(N)CC3)=N\2)cc1. The van der Waals surface area contributed by atoms with Crippen molar-refractivity contribution < 1.29 is 9.90 Å². The van der Waals surface area contributed by atoms with Crippen molar-refractivity contribution in [1.82, 2.24) is 4.90 Å². The molecule has 1 saturated carbocycles. The minimum absolute atomic E-state index is 0.00329. The van der Waals surface area contributed by atoms with Gasteiger partial charge in [0, 0.05) is 37.7 Å². The number of likely N-dealkylation sites (tertiary alicyclic amines) is 1. The fourth-order valence-corrected chi connectivity index (χ4v) is 5.43. The predicted octanol–water partition coefficient (Wildman–Crippen LogP) is 4.49. The van der Waals surface area contributed by atoms with Crippen molar-refractivity contribution in [2.75, 3.05) is 19.7 Å². The third kappa shape index (κ3) is 5.28. The highest BCUT2D eigenvalue weighted by atomic mass is 16.3. The second-order valence-electron chi connectivity index (χ2n) is 10.3. The van der Waals surface area contributed by atoms with Gasteiger partial charge in [-0.05, 0) is 79.2 Å². The van der Waals surface area contributed by atoms with Crippen molar-refractivity contribution in [2.45, 2.75) is 56.9 Å². The molecule has 2 aromatic rings. The molecule has 2 heterocycles. The van der Waals surface area contributed by atoms with E-state index in [1.165, 1.54) is 18.4 Å². The molecule has 0 aromatic heterocycles. The first kappa shape index (κ1) is 24.4. The van der Waals surface area contributed by atoms with E-state index in [0.29, 0.717) is 36.6 Å². The van der Waals surface area contributed by atoms with E-state index >= 15 is 0 Å². The summed E-state index contributed by atoms with van der Waals surface area (Å²) in [5.41, 5.74) is 11.9. The molecular weight excluding hydrogens is 448 g/mol. The van der Waals surface area contributed by atoms with Crippen LogP contribution in [0.3, 0.4) is 0 Å². The summed E-state index contributed by atoms with van der Waals surface area (Å²) in [5.74, 6) is 1.22. The number of amidine groups is 1. The summed E-state index contributed by atoms with van der Waals surface area (Å²) < 4.78 is 0. The van der Waals surface area contributed by atoms with Crippen LogP contribution in [0, 0.1) is 17.2 Å². The highest BCUT2D eigenvalue weighted by Gasteiger charge is 2.31. The minimum atomic E-state index is -0.00329. The molecule has 6 nitrogen and oxygen atoms in total. The average molecular weight is 483 g/mol. The van der Waals surface area contributed by atoms with Crippen LogP contribution in [0.4, 0.5) is 0 Å². The van der Waals surface area contributed by atoms with Crippen LogP contribution in [-0.4, -0.2) is 47.4 Å². The molecular formula is C30H34N4O2. The number of nitriles is 1. The molecule has 0 spiro atoms. The van der Waals surface area contributed by atoms with Crippen molar-refractivity contribution in [2.24, 2.45) is 16.6 Å². The number of piperidine rings is 1. The number of rotatable bonds is 5. The number of benzene rings is 2. The zero-order chi connectivity index (χ0) is 25.1. The van der Waals surface area contributed by atoms with E-state index in [4.69, 9.17) is 10.7 Å². The first-order valence-electron chi connectivity index (χ1n) is 13.2. The van der Waals surface area contributed by atoms with Gasteiger partial charge in [-0.25, -0.2) is 4.99 Å². The van der Waals surface area contributed by atoms with Crippen molar-refractivity contribution in [3.05, 3.63) is 70.8 Å². The summed E-state index contributed by atoms with van der Waals surface area (Å²) in [4.78, 5) is 20.6. The predicted molar refractivity (Wildman–Crippen MR) is 142 cm³/mol. The van der Waals surface area contributed by atoms with Gasteiger partial charge < -0.3 is 15.7 Å². The third-order valence-corrected chi connectivity index (χ3v) is 7.72. The highest BCUT2D eigenvalue weighted by Crippen LogP contribution is 2.42. The molecule has 2 aromatic carbocycles. The Labute approximate surface area is 213 Å². The second-order valence-corrected chi connectivity index (χ2v) is 10.3. The number of allylic oxidation sites excluding steroid dienone is 1. The van der Waals surface area contributed by atoms with Gasteiger partial charge in [0.25, 0.3) is 0 Å². The summed E-state index contributed by atoms with van der Waals surface area (Å²) in [5, 5.41) is 19.3. The van der Waals surface area contributed by atoms with Crippen molar-refractivity contribution in [1.29, 1.82) is 5.26 Å². The van der Waals surface area contributed by atoms with Crippen LogP contribution in [0.1, 0.15) is 73.1 Å². The fraction of sp³-hybridized carbons (Fsp3) is 0.433. The number of aliphatic hydroxyl groups excluding tert-OH is 1. The maximum absolute atomic E-state index is 13.4. The Hall–Kier alpha value is -3.27. The van der Waals surface area contributed by atoms with Crippen LogP contribution in [0.25, 0.3) is 11.3 Å². The van der Waals surface area contributed by atoms with Crippen LogP contribution in [0.15, 0.2) is 53.5 Å². The number of aliphatic imine (C=N–C) groups is 1. The molecule has 186 valence electrons. The number of nitrogens with two attached hydrogens (primary N) is 1. The van der Waals surface area contributed by atoms with E-state index in [1.807, 2.05) is 12.1 Å². The lowest BCUT2D eigenvalue weighted by Crippen LogP contribution is -2.46. The molecule has 1 aliphatic carbocycles. The smallest absolute Gasteiger partial charge is 0.197 e. The minimum Gasteiger partial charge on any atom is -0.396 e. The lowest BCUT2D eigenvalue weighted by Gasteiger charge is -2.34. The molecule has 1 saturated heterocycles. The zero-order valence-corrected chi connectivity index (χ0v) is 20.7. The number of ketones is 1. The number of carbonyl (C=O) groups excluding carboxylic acids is 1. The van der Waals surface area contributed by atoms with Gasteiger partial charge in [-0.2, -0.15) is 5.26 Å². The van der Waals surface area contributed by atoms with E-state index in [1.54, 1.807) is 12.1 Å². The van der Waals surface area contributed by atoms with Crippen molar-refractivity contribution >= 4 is 22.9 Å². The molecule has 3 aliphatic rings. The second kappa shape index (κ2) is 10.8. The van der Waals surface area contributed by atoms with Gasteiger partial charge in [0.15, 0.2) is 11.6 Å². The van der Waals surface area contributed by atoms with Gasteiger partial charge in [-0.15, -0.1) is 0 Å². The normalized spacial score (nSPS) is 25.0. The van der Waals surface area contributed by atoms with E-state index in [-0.39, 0.29) is 24.3 Å². The van der Waals surface area contributed by atoms with E-state index in [9.17, 15) is 15.2 Å². The van der Waals surface area contributed by atoms with Crippen LogP contribution in [0.5, 0.6) is 0 Å². The Morgan fingerprint density at radius 1 is 0.972 bits per heavy atom. The van der Waals surface area contributed by atoms with E-state index in [0.717, 1.165) is 48.3 Å². The van der Waals surface area contributed by atoms with Crippen LogP contribution in [-0.2, 0) is 4.79 Å². The first-order valence-corrected chi connectivity index (χ1v) is 13.2. The number of nitrogens with zero attached hydrogens (tertiary/aromatic N) is 3. The zero-order valence-electron chi connectivity index (χ0n) is 20.7. The molecule has 3 N–H and O–H groups in total. The topological polar surface area (TPSA) is 103 Å². The van der Waals surface area contributed by atoms with Crippen LogP contribution in [0.2, 0.25) is 0 Å². The number of aliphatic hydroxyl groups is 1. The number of carbonyl (C=O) groups is 1. The van der Waals surface area contributed by atoms with Gasteiger partial charge >= 0.3 is 0 Å². The molecule has 36 heavy (non-hydrogen) atoms. The lowest BCUT2D eigenvalue weighted by atomic mass is 9.82. The van der Waals surface area contributed by atoms with Gasteiger partial charge in [0.2, 0.25) is 0 Å². The van der Waals surface area contributed by atoms with Gasteiger partial charge in [-0.3, -0.25) is 4.79 Å². The molecule has 1 atom stereocenters. The maximum Gasteiger partial charge on any atom is 0.197 e. The molecule has 0 bridgehead atoms. The Morgan fingerprint density at radius 2 is 1.64 bits per heavy atom. The van der Waals surface area contributed by atoms with Crippen LogP contribution < -0.4 is 5.73 Å². The Kier molecular flexibility index (Phi) is 7.31. The summed E-state index contributed by atoms with van der Waals surface area (Å²) >= 11 is 0. The monoisotopic (exact) mass is 482 g/mol. The summed E-state index contributed by atoms with van der Waals surface area (Å²) in [6.45, 7) is 1.49. The average Bonchev–Trinajstić information content (AvgIpc) is 3.75. The van der Waals surface area contributed by atoms with Gasteiger partial charge in [0.1, 0.15) is 0 Å². The van der Waals surface area contributed by atoms with Crippen molar-refractivity contribution in [3.63, 3.8) is 0 Å². The largest absolute Gasteiger partial charge is 0.396 e. The Bertz CT molecular complexity index is 1200. The van der Waals surface area contributed by atoms with Crippen LogP contribution >= 0.6 is 0 Å². The molecule has 1 unspecified atom stereocenters. The van der Waals surface area contributed by atoms with E-state index in [2.05, 4.69) is 35.2 Å². The lowest BCUT2D eigenvalue weighted by molar-refractivity contribution is -0.114. The quantitative estimate of drug-likeness (QED) is 0.654. The van der Waals surface area contributed by atoms with E-state index < -0.39 is 0 Å².